The minimum atomic E-state index is -0.408. The molecule has 0 N–H and O–H groups in total. The number of para-hydroxylation sites is 1. The molecule has 162 valence electrons. The largest absolute Gasteiger partial charge is 0.402 e. The summed E-state index contributed by atoms with van der Waals surface area (Å²) in [5, 5.41) is 6.58. The van der Waals surface area contributed by atoms with Crippen molar-refractivity contribution in [1.82, 2.24) is 9.78 Å². The molecule has 0 saturated heterocycles. The van der Waals surface area contributed by atoms with Gasteiger partial charge in [-0.3, -0.25) is 0 Å². The molecule has 4 nitrogen and oxygen atoms in total. The smallest absolute Gasteiger partial charge is 0.345 e. The number of benzene rings is 4. The van der Waals surface area contributed by atoms with E-state index in [9.17, 15) is 4.79 Å². The fraction of sp³-hybridized carbons (Fsp3) is 0.0714. The van der Waals surface area contributed by atoms with Gasteiger partial charge in [0.2, 0.25) is 5.88 Å². The number of aromatic nitrogens is 2. The molecule has 0 bridgehead atoms. The molecule has 1 heterocycles. The standard InChI is InChI=1S/C28H22N2O2S/c1-19-15-17-23(18-16-19)33-26-20(2)29-30(22-11-4-3-5-12-22)27(26)32-28(31)25-14-8-10-21-9-6-7-13-24(21)25/h3-18H,1-2H3. The van der Waals surface area contributed by atoms with Gasteiger partial charge in [-0.1, -0.05) is 84.1 Å². The van der Waals surface area contributed by atoms with E-state index in [1.165, 1.54) is 5.56 Å². The van der Waals surface area contributed by atoms with Crippen molar-refractivity contribution in [3.05, 3.63) is 114 Å². The monoisotopic (exact) mass is 450 g/mol. The first-order valence-corrected chi connectivity index (χ1v) is 11.5. The lowest BCUT2D eigenvalue weighted by atomic mass is 10.1. The third kappa shape index (κ3) is 4.28. The molecule has 0 aliphatic carbocycles. The summed E-state index contributed by atoms with van der Waals surface area (Å²) in [7, 11) is 0. The number of rotatable bonds is 5. The van der Waals surface area contributed by atoms with Crippen LogP contribution in [0.4, 0.5) is 0 Å². The van der Waals surface area contributed by atoms with Gasteiger partial charge in [0.25, 0.3) is 0 Å². The maximum atomic E-state index is 13.4. The summed E-state index contributed by atoms with van der Waals surface area (Å²) in [6.07, 6.45) is 0. The minimum Gasteiger partial charge on any atom is -0.402 e. The number of fused-ring (bicyclic) bond motifs is 1. The highest BCUT2D eigenvalue weighted by Gasteiger charge is 2.23. The van der Waals surface area contributed by atoms with E-state index in [0.29, 0.717) is 11.4 Å². The van der Waals surface area contributed by atoms with Crippen molar-refractivity contribution in [3.8, 4) is 11.6 Å². The average molecular weight is 451 g/mol. The number of hydrogen-bond acceptors (Lipinski definition) is 4. The quantitative estimate of drug-likeness (QED) is 0.270. The van der Waals surface area contributed by atoms with Crippen LogP contribution in [0, 0.1) is 13.8 Å². The fourth-order valence-corrected chi connectivity index (χ4v) is 4.63. The number of esters is 1. The van der Waals surface area contributed by atoms with Crippen molar-refractivity contribution in [1.29, 1.82) is 0 Å². The van der Waals surface area contributed by atoms with E-state index in [4.69, 9.17) is 9.84 Å². The van der Waals surface area contributed by atoms with E-state index in [1.807, 2.05) is 73.7 Å². The maximum Gasteiger partial charge on any atom is 0.345 e. The molecule has 0 amide bonds. The van der Waals surface area contributed by atoms with Gasteiger partial charge < -0.3 is 4.74 Å². The maximum absolute atomic E-state index is 13.4. The Morgan fingerprint density at radius 2 is 1.52 bits per heavy atom. The highest BCUT2D eigenvalue weighted by Crippen LogP contribution is 2.39. The molecule has 0 saturated carbocycles. The van der Waals surface area contributed by atoms with Crippen LogP contribution in [0.2, 0.25) is 0 Å². The molecule has 0 spiro atoms. The molecular weight excluding hydrogens is 428 g/mol. The first-order chi connectivity index (χ1) is 16.1. The number of aryl methyl sites for hydroxylation is 2. The summed E-state index contributed by atoms with van der Waals surface area (Å²) < 4.78 is 7.79. The van der Waals surface area contributed by atoms with Crippen molar-refractivity contribution in [2.24, 2.45) is 0 Å². The second-order valence-electron chi connectivity index (χ2n) is 7.80. The second kappa shape index (κ2) is 8.96. The van der Waals surface area contributed by atoms with Crippen molar-refractivity contribution in [2.75, 3.05) is 0 Å². The van der Waals surface area contributed by atoms with E-state index in [0.717, 1.165) is 31.9 Å². The van der Waals surface area contributed by atoms with Gasteiger partial charge in [-0.25, -0.2) is 4.79 Å². The molecule has 0 radical (unpaired) electrons. The Balaban J connectivity index is 1.59. The molecule has 0 fully saturated rings. The second-order valence-corrected chi connectivity index (χ2v) is 8.88. The lowest BCUT2D eigenvalue weighted by Gasteiger charge is -2.11. The summed E-state index contributed by atoms with van der Waals surface area (Å²) in [5.41, 5.74) is 3.35. The molecule has 0 aliphatic rings. The molecule has 33 heavy (non-hydrogen) atoms. The molecule has 1 aromatic heterocycles. The van der Waals surface area contributed by atoms with Crippen molar-refractivity contribution < 1.29 is 9.53 Å². The predicted molar refractivity (Wildman–Crippen MR) is 133 cm³/mol. The molecule has 5 heteroatoms. The summed E-state index contributed by atoms with van der Waals surface area (Å²) in [6.45, 7) is 4.00. The van der Waals surface area contributed by atoms with Crippen molar-refractivity contribution >= 4 is 28.5 Å². The summed E-state index contributed by atoms with van der Waals surface area (Å²) in [5.74, 6) is 0.0110. The summed E-state index contributed by atoms with van der Waals surface area (Å²) in [4.78, 5) is 15.3. The number of nitrogens with zero attached hydrogens (tertiary/aromatic N) is 2. The number of ether oxygens (including phenoxy) is 1. The van der Waals surface area contributed by atoms with E-state index in [-0.39, 0.29) is 0 Å². The topological polar surface area (TPSA) is 44.1 Å². The van der Waals surface area contributed by atoms with Gasteiger partial charge in [0.1, 0.15) is 0 Å². The van der Waals surface area contributed by atoms with Crippen LogP contribution in [0.15, 0.2) is 107 Å². The fourth-order valence-electron chi connectivity index (χ4n) is 3.71. The van der Waals surface area contributed by atoms with Gasteiger partial charge in [0, 0.05) is 4.90 Å². The Morgan fingerprint density at radius 1 is 0.818 bits per heavy atom. The summed E-state index contributed by atoms with van der Waals surface area (Å²) >= 11 is 1.55. The molecule has 5 rings (SSSR count). The first-order valence-electron chi connectivity index (χ1n) is 10.7. The SMILES string of the molecule is Cc1ccc(Sc2c(C)nn(-c3ccccc3)c2OC(=O)c2cccc3ccccc23)cc1. The Labute approximate surface area is 196 Å². The van der Waals surface area contributed by atoms with Gasteiger partial charge >= 0.3 is 5.97 Å². The van der Waals surface area contributed by atoms with Crippen LogP contribution in [-0.2, 0) is 0 Å². The van der Waals surface area contributed by atoms with E-state index >= 15 is 0 Å². The van der Waals surface area contributed by atoms with Crippen LogP contribution < -0.4 is 4.74 Å². The Hall–Kier alpha value is -3.83. The third-order valence-electron chi connectivity index (χ3n) is 5.41. The molecule has 5 aromatic rings. The zero-order valence-corrected chi connectivity index (χ0v) is 19.2. The van der Waals surface area contributed by atoms with E-state index < -0.39 is 5.97 Å². The first kappa shape index (κ1) is 21.0. The van der Waals surface area contributed by atoms with Crippen LogP contribution in [0.25, 0.3) is 16.5 Å². The van der Waals surface area contributed by atoms with Gasteiger partial charge in [0.05, 0.1) is 21.8 Å². The lowest BCUT2D eigenvalue weighted by Crippen LogP contribution is -2.12. The van der Waals surface area contributed by atoms with Gasteiger partial charge in [0.15, 0.2) is 0 Å². The Bertz CT molecular complexity index is 1440. The van der Waals surface area contributed by atoms with Crippen molar-refractivity contribution in [3.63, 3.8) is 0 Å². The molecule has 4 aromatic carbocycles. The van der Waals surface area contributed by atoms with E-state index in [2.05, 4.69) is 31.2 Å². The Kier molecular flexibility index (Phi) is 5.71. The van der Waals surface area contributed by atoms with Crippen LogP contribution in [0.3, 0.4) is 0 Å². The van der Waals surface area contributed by atoms with Crippen LogP contribution in [0.5, 0.6) is 5.88 Å². The van der Waals surface area contributed by atoms with Gasteiger partial charge in [-0.2, -0.15) is 9.78 Å². The molecular formula is C28H22N2O2S. The normalized spacial score (nSPS) is 11.0. The van der Waals surface area contributed by atoms with Gasteiger partial charge in [-0.05, 0) is 55.0 Å². The van der Waals surface area contributed by atoms with Crippen LogP contribution in [-0.4, -0.2) is 15.7 Å². The van der Waals surface area contributed by atoms with Crippen LogP contribution >= 0.6 is 11.8 Å². The third-order valence-corrected chi connectivity index (χ3v) is 6.59. The predicted octanol–water partition coefficient (Wildman–Crippen LogP) is 7.01. The zero-order chi connectivity index (χ0) is 22.8. The van der Waals surface area contributed by atoms with Crippen molar-refractivity contribution in [2.45, 2.75) is 23.6 Å². The summed E-state index contributed by atoms with van der Waals surface area (Å²) in [6, 6.07) is 31.5. The lowest BCUT2D eigenvalue weighted by molar-refractivity contribution is 0.0720. The molecule has 0 aliphatic heterocycles. The number of carbonyl (C=O) groups is 1. The highest BCUT2D eigenvalue weighted by atomic mass is 32.2. The minimum absolute atomic E-state index is 0.408. The molecule has 0 unspecified atom stereocenters. The number of carbonyl (C=O) groups excluding carboxylic acids is 1. The van der Waals surface area contributed by atoms with E-state index in [1.54, 1.807) is 22.5 Å². The Morgan fingerprint density at radius 3 is 2.30 bits per heavy atom. The van der Waals surface area contributed by atoms with Gasteiger partial charge in [-0.15, -0.1) is 0 Å². The number of hydrogen-bond donors (Lipinski definition) is 0. The zero-order valence-electron chi connectivity index (χ0n) is 18.4. The highest BCUT2D eigenvalue weighted by molar-refractivity contribution is 7.99. The van der Waals surface area contributed by atoms with Crippen LogP contribution in [0.1, 0.15) is 21.6 Å². The average Bonchev–Trinajstić information content (AvgIpc) is 3.15. The molecule has 0 atom stereocenters.